The molecule has 0 fully saturated rings. The van der Waals surface area contributed by atoms with E-state index < -0.39 is 11.7 Å². The van der Waals surface area contributed by atoms with E-state index in [0.29, 0.717) is 12.3 Å². The monoisotopic (exact) mass is 238 g/mol. The molecule has 0 spiro atoms. The normalized spacial score (nSPS) is 20.6. The van der Waals surface area contributed by atoms with E-state index in [2.05, 4.69) is 26.0 Å². The first-order valence-electron chi connectivity index (χ1n) is 6.57. The molecule has 0 bridgehead atoms. The summed E-state index contributed by atoms with van der Waals surface area (Å²) < 4.78 is 0. The number of aliphatic hydroxyl groups is 2. The van der Waals surface area contributed by atoms with Gasteiger partial charge in [-0.25, -0.2) is 0 Å². The van der Waals surface area contributed by atoms with Crippen LogP contribution in [-0.2, 0) is 0 Å². The van der Waals surface area contributed by atoms with Crippen LogP contribution in [0.2, 0.25) is 0 Å². The van der Waals surface area contributed by atoms with Crippen molar-refractivity contribution >= 4 is 0 Å². The molecule has 2 atom stereocenters. The van der Waals surface area contributed by atoms with Crippen molar-refractivity contribution < 1.29 is 10.2 Å². The Kier molecular flexibility index (Phi) is 4.96. The van der Waals surface area contributed by atoms with Crippen LogP contribution in [0.3, 0.4) is 0 Å². The molecule has 2 nitrogen and oxygen atoms in total. The summed E-state index contributed by atoms with van der Waals surface area (Å²) in [5.41, 5.74) is 1.92. The maximum absolute atomic E-state index is 9.79. The standard InChI is InChI=1S/C15H26O2/c1-11-5-8-13(9-6-11)12(2)7-10-14(16)15(3,4)17/h5,8,12,14,16-17H,6-7,9-10H2,1-4H3/t12-,14-/m0/s1. The molecule has 0 aliphatic heterocycles. The van der Waals surface area contributed by atoms with Gasteiger partial charge in [0.15, 0.2) is 0 Å². The Morgan fingerprint density at radius 2 is 1.88 bits per heavy atom. The van der Waals surface area contributed by atoms with Gasteiger partial charge in [0.05, 0.1) is 11.7 Å². The molecule has 0 saturated carbocycles. The second kappa shape index (κ2) is 5.83. The summed E-state index contributed by atoms with van der Waals surface area (Å²) in [6, 6.07) is 0. The van der Waals surface area contributed by atoms with Gasteiger partial charge < -0.3 is 10.2 Å². The lowest BCUT2D eigenvalue weighted by atomic mass is 9.86. The molecule has 0 amide bonds. The van der Waals surface area contributed by atoms with Crippen LogP contribution in [0.25, 0.3) is 0 Å². The van der Waals surface area contributed by atoms with Gasteiger partial charge in [0.2, 0.25) is 0 Å². The fraction of sp³-hybridized carbons (Fsp3) is 0.733. The Bertz CT molecular complexity index is 307. The quantitative estimate of drug-likeness (QED) is 0.772. The molecule has 98 valence electrons. The molecule has 2 N–H and O–H groups in total. The van der Waals surface area contributed by atoms with E-state index in [1.165, 1.54) is 11.1 Å². The van der Waals surface area contributed by atoms with Gasteiger partial charge in [-0.2, -0.15) is 0 Å². The van der Waals surface area contributed by atoms with E-state index in [0.717, 1.165) is 19.3 Å². The summed E-state index contributed by atoms with van der Waals surface area (Å²) >= 11 is 0. The maximum Gasteiger partial charge on any atom is 0.0849 e. The van der Waals surface area contributed by atoms with Gasteiger partial charge in [0, 0.05) is 0 Å². The lowest BCUT2D eigenvalue weighted by Gasteiger charge is -2.26. The highest BCUT2D eigenvalue weighted by Crippen LogP contribution is 2.28. The molecular formula is C15H26O2. The van der Waals surface area contributed by atoms with E-state index in [1.54, 1.807) is 13.8 Å². The molecule has 2 heteroatoms. The minimum absolute atomic E-state index is 0.497. The Hall–Kier alpha value is -0.600. The zero-order valence-corrected chi connectivity index (χ0v) is 11.5. The van der Waals surface area contributed by atoms with Gasteiger partial charge in [0.25, 0.3) is 0 Å². The van der Waals surface area contributed by atoms with Gasteiger partial charge >= 0.3 is 0 Å². The largest absolute Gasteiger partial charge is 0.390 e. The van der Waals surface area contributed by atoms with Crippen LogP contribution in [0.4, 0.5) is 0 Å². The Morgan fingerprint density at radius 3 is 2.35 bits per heavy atom. The highest BCUT2D eigenvalue weighted by Gasteiger charge is 2.25. The predicted molar refractivity (Wildman–Crippen MR) is 71.8 cm³/mol. The minimum atomic E-state index is -0.989. The summed E-state index contributed by atoms with van der Waals surface area (Å²) in [6.45, 7) is 7.69. The van der Waals surface area contributed by atoms with Gasteiger partial charge in [-0.1, -0.05) is 30.2 Å². The highest BCUT2D eigenvalue weighted by atomic mass is 16.3. The first-order valence-corrected chi connectivity index (χ1v) is 6.57. The molecule has 0 unspecified atom stereocenters. The minimum Gasteiger partial charge on any atom is -0.390 e. The molecule has 0 saturated heterocycles. The lowest BCUT2D eigenvalue weighted by Crippen LogP contribution is -2.36. The fourth-order valence-electron chi connectivity index (χ4n) is 2.11. The van der Waals surface area contributed by atoms with Crippen molar-refractivity contribution in [1.29, 1.82) is 0 Å². The molecule has 0 heterocycles. The van der Waals surface area contributed by atoms with Crippen LogP contribution in [0, 0.1) is 5.92 Å². The summed E-state index contributed by atoms with van der Waals surface area (Å²) in [5, 5.41) is 19.5. The Labute approximate surface area is 105 Å². The second-order valence-corrected chi connectivity index (χ2v) is 5.90. The van der Waals surface area contributed by atoms with Crippen molar-refractivity contribution in [2.24, 2.45) is 5.92 Å². The number of rotatable bonds is 5. The van der Waals surface area contributed by atoms with Crippen LogP contribution < -0.4 is 0 Å². The average molecular weight is 238 g/mol. The molecule has 0 radical (unpaired) electrons. The van der Waals surface area contributed by atoms with E-state index in [9.17, 15) is 10.2 Å². The predicted octanol–water partition coefficient (Wildman–Crippen LogP) is 3.20. The summed E-state index contributed by atoms with van der Waals surface area (Å²) in [5.74, 6) is 0.497. The molecule has 1 aliphatic rings. The zero-order chi connectivity index (χ0) is 13.1. The van der Waals surface area contributed by atoms with E-state index >= 15 is 0 Å². The number of hydrogen-bond acceptors (Lipinski definition) is 2. The van der Waals surface area contributed by atoms with Crippen LogP contribution >= 0.6 is 0 Å². The third-order valence-electron chi connectivity index (χ3n) is 3.71. The van der Waals surface area contributed by atoms with E-state index in [-0.39, 0.29) is 0 Å². The summed E-state index contributed by atoms with van der Waals surface area (Å²) in [4.78, 5) is 0. The molecule has 0 aromatic rings. The van der Waals surface area contributed by atoms with Crippen LogP contribution in [0.15, 0.2) is 23.3 Å². The van der Waals surface area contributed by atoms with E-state index in [4.69, 9.17) is 0 Å². The molecule has 0 aromatic heterocycles. The van der Waals surface area contributed by atoms with Gasteiger partial charge in [-0.15, -0.1) is 0 Å². The summed E-state index contributed by atoms with van der Waals surface area (Å²) in [6.07, 6.45) is 7.68. The number of hydrogen-bond donors (Lipinski definition) is 2. The van der Waals surface area contributed by atoms with Crippen LogP contribution in [-0.4, -0.2) is 21.9 Å². The third-order valence-corrected chi connectivity index (χ3v) is 3.71. The topological polar surface area (TPSA) is 40.5 Å². The van der Waals surface area contributed by atoms with Crippen molar-refractivity contribution in [3.05, 3.63) is 23.3 Å². The van der Waals surface area contributed by atoms with Crippen molar-refractivity contribution in [3.63, 3.8) is 0 Å². The SMILES string of the molecule is CC1=CC=C([C@@H](C)CC[C@H](O)C(C)(C)O)CC1. The molecule has 17 heavy (non-hydrogen) atoms. The third kappa shape index (κ3) is 4.64. The Balaban J connectivity index is 2.43. The van der Waals surface area contributed by atoms with E-state index in [1.807, 2.05) is 0 Å². The van der Waals surface area contributed by atoms with Crippen LogP contribution in [0.1, 0.15) is 53.4 Å². The first-order chi connectivity index (χ1) is 7.80. The molecule has 1 rings (SSSR count). The Morgan fingerprint density at radius 1 is 1.24 bits per heavy atom. The highest BCUT2D eigenvalue weighted by molar-refractivity contribution is 5.24. The smallest absolute Gasteiger partial charge is 0.0849 e. The van der Waals surface area contributed by atoms with Crippen molar-refractivity contribution in [2.45, 2.75) is 65.1 Å². The molecule has 0 aromatic carbocycles. The fourth-order valence-corrected chi connectivity index (χ4v) is 2.11. The second-order valence-electron chi connectivity index (χ2n) is 5.90. The summed E-state index contributed by atoms with van der Waals surface area (Å²) in [7, 11) is 0. The number of aliphatic hydroxyl groups excluding tert-OH is 1. The van der Waals surface area contributed by atoms with Crippen molar-refractivity contribution in [2.75, 3.05) is 0 Å². The molecular weight excluding hydrogens is 212 g/mol. The number of allylic oxidation sites excluding steroid dienone is 4. The van der Waals surface area contributed by atoms with Gasteiger partial charge in [-0.3, -0.25) is 0 Å². The maximum atomic E-state index is 9.79. The van der Waals surface area contributed by atoms with Gasteiger partial charge in [-0.05, 0) is 52.4 Å². The van der Waals surface area contributed by atoms with Gasteiger partial charge in [0.1, 0.15) is 0 Å². The molecule has 1 aliphatic carbocycles. The van der Waals surface area contributed by atoms with Crippen molar-refractivity contribution in [1.82, 2.24) is 0 Å². The zero-order valence-electron chi connectivity index (χ0n) is 11.5. The van der Waals surface area contributed by atoms with Crippen molar-refractivity contribution in [3.8, 4) is 0 Å². The lowest BCUT2D eigenvalue weighted by molar-refractivity contribution is -0.0530. The van der Waals surface area contributed by atoms with Crippen LogP contribution in [0.5, 0.6) is 0 Å². The average Bonchev–Trinajstić information content (AvgIpc) is 2.25. The first kappa shape index (κ1) is 14.5.